The van der Waals surface area contributed by atoms with Gasteiger partial charge in [-0.1, -0.05) is 123 Å². The van der Waals surface area contributed by atoms with Crippen LogP contribution in [-0.2, 0) is 5.41 Å². The highest BCUT2D eigenvalue weighted by atomic mass is 16.5. The molecule has 0 amide bonds. The molecule has 0 N–H and O–H groups in total. The summed E-state index contributed by atoms with van der Waals surface area (Å²) in [7, 11) is 0. The first kappa shape index (κ1) is 28.2. The van der Waals surface area contributed by atoms with E-state index in [1.165, 1.54) is 39.1 Å². The normalized spacial score (nSPS) is 13.5. The van der Waals surface area contributed by atoms with Crippen LogP contribution in [0.25, 0.3) is 22.3 Å². The molecule has 0 unspecified atom stereocenters. The highest BCUT2D eigenvalue weighted by Gasteiger charge is 2.41. The van der Waals surface area contributed by atoms with Crippen molar-refractivity contribution in [2.45, 2.75) is 19.3 Å². The van der Waals surface area contributed by atoms with Gasteiger partial charge in [-0.05, 0) is 94.0 Å². The predicted octanol–water partition coefficient (Wildman–Crippen LogP) is 12.7. The topological polar surface area (TPSA) is 15.7 Å². The highest BCUT2D eigenvalue weighted by molar-refractivity contribution is 5.94. The largest absolute Gasteiger partial charge is 0.453 e. The molecule has 0 saturated carbocycles. The molecule has 0 atom stereocenters. The van der Waals surface area contributed by atoms with E-state index in [0.29, 0.717) is 0 Å². The van der Waals surface area contributed by atoms with Gasteiger partial charge >= 0.3 is 0 Å². The molecule has 2 heterocycles. The van der Waals surface area contributed by atoms with Crippen molar-refractivity contribution in [3.8, 4) is 33.8 Å². The van der Waals surface area contributed by atoms with E-state index in [2.05, 4.69) is 187 Å². The number of hydrogen-bond acceptors (Lipinski definition) is 3. The smallest absolute Gasteiger partial charge is 0.151 e. The zero-order chi connectivity index (χ0) is 32.2. The third-order valence-electron chi connectivity index (χ3n) is 9.84. The molecule has 230 valence electrons. The number of fused-ring (bicyclic) bond motifs is 4. The van der Waals surface area contributed by atoms with Crippen molar-refractivity contribution in [3.63, 3.8) is 0 Å². The van der Waals surface area contributed by atoms with Gasteiger partial charge in [0.05, 0.1) is 17.1 Å². The fourth-order valence-electron chi connectivity index (χ4n) is 7.39. The number of rotatable bonds is 5. The molecule has 2 aliphatic heterocycles. The maximum atomic E-state index is 6.42. The number of nitrogens with zero attached hydrogens (tertiary/aromatic N) is 2. The van der Waals surface area contributed by atoms with E-state index in [9.17, 15) is 0 Å². The average Bonchev–Trinajstić information content (AvgIpc) is 3.14. The van der Waals surface area contributed by atoms with Crippen LogP contribution in [0, 0.1) is 0 Å². The van der Waals surface area contributed by atoms with Gasteiger partial charge in [-0.3, -0.25) is 0 Å². The molecule has 0 aromatic heterocycles. The minimum Gasteiger partial charge on any atom is -0.453 e. The van der Waals surface area contributed by atoms with Crippen LogP contribution in [0.2, 0.25) is 0 Å². The fraction of sp³-hybridized carbons (Fsp3) is 0.0667. The van der Waals surface area contributed by atoms with Gasteiger partial charge in [0.25, 0.3) is 0 Å². The van der Waals surface area contributed by atoms with Gasteiger partial charge in [0.2, 0.25) is 0 Å². The molecule has 0 radical (unpaired) electrons. The predicted molar refractivity (Wildman–Crippen MR) is 199 cm³/mol. The second kappa shape index (κ2) is 11.0. The Morgan fingerprint density at radius 1 is 0.438 bits per heavy atom. The van der Waals surface area contributed by atoms with Crippen LogP contribution in [0.3, 0.4) is 0 Å². The Hall–Kier alpha value is -6.06. The van der Waals surface area contributed by atoms with E-state index in [1.807, 2.05) is 6.07 Å². The maximum absolute atomic E-state index is 6.42. The van der Waals surface area contributed by atoms with Crippen molar-refractivity contribution in [3.05, 3.63) is 181 Å². The Labute approximate surface area is 281 Å². The maximum Gasteiger partial charge on any atom is 0.151 e. The molecule has 0 bridgehead atoms. The third-order valence-corrected chi connectivity index (χ3v) is 9.84. The molecule has 0 spiro atoms. The van der Waals surface area contributed by atoms with E-state index >= 15 is 0 Å². The summed E-state index contributed by atoms with van der Waals surface area (Å²) < 4.78 is 6.42. The van der Waals surface area contributed by atoms with Crippen LogP contribution < -0.4 is 14.5 Å². The molecular formula is C45H34N2O. The average molecular weight is 619 g/mol. The van der Waals surface area contributed by atoms with Crippen molar-refractivity contribution in [1.82, 2.24) is 0 Å². The third kappa shape index (κ3) is 4.51. The molecule has 7 aromatic rings. The lowest BCUT2D eigenvalue weighted by molar-refractivity contribution is 0.471. The summed E-state index contributed by atoms with van der Waals surface area (Å²) in [4.78, 5) is 4.69. The first-order valence-corrected chi connectivity index (χ1v) is 16.5. The van der Waals surface area contributed by atoms with Gasteiger partial charge in [0.1, 0.15) is 0 Å². The van der Waals surface area contributed by atoms with Crippen LogP contribution >= 0.6 is 0 Å². The Bertz CT molecular complexity index is 2230. The summed E-state index contributed by atoms with van der Waals surface area (Å²) >= 11 is 0. The Balaban J connectivity index is 1.06. The second-order valence-electron chi connectivity index (χ2n) is 13.0. The van der Waals surface area contributed by atoms with E-state index in [-0.39, 0.29) is 5.41 Å². The number of hydrogen-bond donors (Lipinski definition) is 0. The van der Waals surface area contributed by atoms with Crippen LogP contribution in [0.1, 0.15) is 25.0 Å². The van der Waals surface area contributed by atoms with Crippen molar-refractivity contribution in [2.75, 3.05) is 9.80 Å². The molecule has 0 aliphatic carbocycles. The summed E-state index contributed by atoms with van der Waals surface area (Å²) in [5, 5.41) is 0. The van der Waals surface area contributed by atoms with Crippen molar-refractivity contribution < 1.29 is 4.74 Å². The Kier molecular flexibility index (Phi) is 6.48. The number of para-hydroxylation sites is 5. The monoisotopic (exact) mass is 618 g/mol. The first-order valence-electron chi connectivity index (χ1n) is 16.5. The molecule has 0 fully saturated rings. The lowest BCUT2D eigenvalue weighted by Gasteiger charge is -2.45. The summed E-state index contributed by atoms with van der Waals surface area (Å²) in [6.45, 7) is 4.63. The van der Waals surface area contributed by atoms with Crippen LogP contribution in [0.15, 0.2) is 170 Å². The van der Waals surface area contributed by atoms with Crippen molar-refractivity contribution >= 4 is 34.1 Å². The Morgan fingerprint density at radius 3 is 1.62 bits per heavy atom. The molecule has 48 heavy (non-hydrogen) atoms. The molecule has 9 rings (SSSR count). The quantitative estimate of drug-likeness (QED) is 0.191. The fourth-order valence-corrected chi connectivity index (χ4v) is 7.39. The summed E-state index contributed by atoms with van der Waals surface area (Å²) in [5.74, 6) is 1.78. The van der Waals surface area contributed by atoms with Gasteiger partial charge in [-0.15, -0.1) is 0 Å². The minimum atomic E-state index is -0.169. The van der Waals surface area contributed by atoms with Crippen LogP contribution in [-0.4, -0.2) is 0 Å². The van der Waals surface area contributed by atoms with Crippen LogP contribution in [0.5, 0.6) is 11.5 Å². The Morgan fingerprint density at radius 2 is 0.958 bits per heavy atom. The van der Waals surface area contributed by atoms with E-state index in [0.717, 1.165) is 39.9 Å². The zero-order valence-corrected chi connectivity index (χ0v) is 27.0. The summed E-state index contributed by atoms with van der Waals surface area (Å²) in [5.41, 5.74) is 14.0. The first-order chi connectivity index (χ1) is 23.6. The van der Waals surface area contributed by atoms with Crippen LogP contribution in [0.4, 0.5) is 34.1 Å². The molecular weight excluding hydrogens is 585 g/mol. The van der Waals surface area contributed by atoms with Crippen molar-refractivity contribution in [2.24, 2.45) is 0 Å². The van der Waals surface area contributed by atoms with Gasteiger partial charge in [-0.25, -0.2) is 0 Å². The van der Waals surface area contributed by atoms with Gasteiger partial charge in [-0.2, -0.15) is 0 Å². The molecule has 2 aliphatic rings. The van der Waals surface area contributed by atoms with E-state index in [4.69, 9.17) is 4.74 Å². The van der Waals surface area contributed by atoms with Gasteiger partial charge < -0.3 is 14.5 Å². The SMILES string of the molecule is CC1(C)c2ccc(-c3ccc(-c4ccc(N(c5ccccc5)c5ccccc5)cc4)cc3)cc2N2c3ccccc3Oc3cccc1c32. The van der Waals surface area contributed by atoms with Gasteiger partial charge in [0.15, 0.2) is 11.5 Å². The molecule has 0 saturated heterocycles. The zero-order valence-electron chi connectivity index (χ0n) is 27.0. The number of anilines is 6. The lowest BCUT2D eigenvalue weighted by Crippen LogP contribution is -2.32. The standard InChI is InChI=1S/C45H34N2O/c1-45(2)38-29-26-34(30-41(38)47-40-17-9-10-18-42(40)48-43-19-11-16-39(45)44(43)47)33-22-20-31(21-23-33)32-24-27-37(28-25-32)46(35-12-5-3-6-13-35)36-14-7-4-8-15-36/h3-30H,1-2H3. The van der Waals surface area contributed by atoms with E-state index < -0.39 is 0 Å². The summed E-state index contributed by atoms with van der Waals surface area (Å²) in [6, 6.07) is 60.6. The second-order valence-corrected chi connectivity index (χ2v) is 13.0. The minimum absolute atomic E-state index is 0.169. The molecule has 7 aromatic carbocycles. The number of ether oxygens (including phenoxy) is 1. The van der Waals surface area contributed by atoms with Gasteiger partial charge in [0, 0.05) is 22.5 Å². The molecule has 3 nitrogen and oxygen atoms in total. The number of benzene rings is 7. The lowest BCUT2D eigenvalue weighted by atomic mass is 9.72. The summed E-state index contributed by atoms with van der Waals surface area (Å²) in [6.07, 6.45) is 0. The van der Waals surface area contributed by atoms with Crippen molar-refractivity contribution in [1.29, 1.82) is 0 Å². The highest BCUT2D eigenvalue weighted by Crippen LogP contribution is 2.60. The molecule has 3 heteroatoms. The van der Waals surface area contributed by atoms with E-state index in [1.54, 1.807) is 0 Å².